The Labute approximate surface area is 116 Å². The molecule has 2 heterocycles. The van der Waals surface area contributed by atoms with Crippen LogP contribution in [-0.2, 0) is 11.3 Å². The maximum atomic E-state index is 11.7. The van der Waals surface area contributed by atoms with Gasteiger partial charge in [0.25, 0.3) is 0 Å². The van der Waals surface area contributed by atoms with Crippen LogP contribution in [0.3, 0.4) is 0 Å². The highest BCUT2D eigenvalue weighted by Gasteiger charge is 2.28. The summed E-state index contributed by atoms with van der Waals surface area (Å²) in [7, 11) is 0. The van der Waals surface area contributed by atoms with Crippen LogP contribution in [0, 0.1) is 0 Å². The summed E-state index contributed by atoms with van der Waals surface area (Å²) in [5.74, 6) is 0.417. The third-order valence-corrected chi connectivity index (χ3v) is 3.33. The van der Waals surface area contributed by atoms with E-state index in [1.54, 1.807) is 0 Å². The molecule has 0 saturated heterocycles. The van der Waals surface area contributed by atoms with Crippen molar-refractivity contribution in [3.8, 4) is 0 Å². The first kappa shape index (κ1) is 15.5. The van der Waals surface area contributed by atoms with Crippen LogP contribution in [0.15, 0.2) is 18.7 Å². The minimum atomic E-state index is -0.00366. The minimum absolute atomic E-state index is 0.00366. The predicted molar refractivity (Wildman–Crippen MR) is 78.0 cm³/mol. The molecule has 106 valence electrons. The number of aromatic nitrogens is 2. The third-order valence-electron chi connectivity index (χ3n) is 3.33. The van der Waals surface area contributed by atoms with E-state index in [9.17, 15) is 4.79 Å². The van der Waals surface area contributed by atoms with Crippen LogP contribution in [-0.4, -0.2) is 27.1 Å². The Kier molecular flexibility index (Phi) is 5.33. The molecule has 0 saturated carbocycles. The molecule has 0 aromatic carbocycles. The van der Waals surface area contributed by atoms with Gasteiger partial charge in [0.2, 0.25) is 5.91 Å². The summed E-state index contributed by atoms with van der Waals surface area (Å²) in [6.07, 6.45) is 1.38. The molecule has 4 heteroatoms. The quantitative estimate of drug-likeness (QED) is 0.769. The molecule has 0 fully saturated rings. The van der Waals surface area contributed by atoms with Crippen molar-refractivity contribution in [3.05, 3.63) is 30.1 Å². The lowest BCUT2D eigenvalue weighted by atomic mass is 10.1. The van der Waals surface area contributed by atoms with Crippen molar-refractivity contribution in [3.63, 3.8) is 0 Å². The van der Waals surface area contributed by atoms with Gasteiger partial charge in [-0.15, -0.1) is 0 Å². The number of hydrogen-bond acceptors (Lipinski definition) is 2. The van der Waals surface area contributed by atoms with Crippen molar-refractivity contribution < 1.29 is 4.79 Å². The van der Waals surface area contributed by atoms with Gasteiger partial charge in [-0.05, 0) is 25.0 Å². The van der Waals surface area contributed by atoms with Crippen molar-refractivity contribution in [1.29, 1.82) is 0 Å². The van der Waals surface area contributed by atoms with Gasteiger partial charge < -0.3 is 4.90 Å². The number of rotatable bonds is 2. The van der Waals surface area contributed by atoms with Gasteiger partial charge >= 0.3 is 0 Å². The van der Waals surface area contributed by atoms with E-state index in [2.05, 4.69) is 31.6 Å². The summed E-state index contributed by atoms with van der Waals surface area (Å²) < 4.78 is 2.02. The fourth-order valence-electron chi connectivity index (χ4n) is 2.22. The molecule has 1 aromatic rings. The van der Waals surface area contributed by atoms with Crippen LogP contribution in [0.25, 0.3) is 0 Å². The summed E-state index contributed by atoms with van der Waals surface area (Å²) in [6.45, 7) is 15.3. The summed E-state index contributed by atoms with van der Waals surface area (Å²) in [5.41, 5.74) is 2.22. The van der Waals surface area contributed by atoms with Crippen LogP contribution >= 0.6 is 0 Å². The number of hydrogen-bond donors (Lipinski definition) is 0. The van der Waals surface area contributed by atoms with E-state index >= 15 is 0 Å². The van der Waals surface area contributed by atoms with Gasteiger partial charge in [0.15, 0.2) is 0 Å². The monoisotopic (exact) mass is 263 g/mol. The Hall–Kier alpha value is -1.58. The van der Waals surface area contributed by atoms with Crippen molar-refractivity contribution in [2.45, 2.75) is 53.1 Å². The first-order valence-corrected chi connectivity index (χ1v) is 7.05. The van der Waals surface area contributed by atoms with Gasteiger partial charge in [0, 0.05) is 6.54 Å². The van der Waals surface area contributed by atoms with Gasteiger partial charge in [-0.2, -0.15) is 5.10 Å². The van der Waals surface area contributed by atoms with Gasteiger partial charge in [-0.25, -0.2) is 0 Å². The summed E-state index contributed by atoms with van der Waals surface area (Å²) >= 11 is 0. The second kappa shape index (κ2) is 6.55. The Balaban J connectivity index is 0.000000861. The highest BCUT2D eigenvalue weighted by atomic mass is 16.2. The molecule has 1 unspecified atom stereocenters. The van der Waals surface area contributed by atoms with E-state index < -0.39 is 0 Å². The number of nitrogens with zero attached hydrogens (tertiary/aromatic N) is 3. The number of fused-ring (bicyclic) bond motifs is 1. The maximum Gasteiger partial charge on any atom is 0.246 e. The topological polar surface area (TPSA) is 38.1 Å². The molecular weight excluding hydrogens is 238 g/mol. The molecule has 1 aliphatic rings. The normalized spacial score (nSPS) is 17.6. The highest BCUT2D eigenvalue weighted by molar-refractivity contribution is 5.87. The van der Waals surface area contributed by atoms with E-state index in [0.29, 0.717) is 12.5 Å². The molecule has 0 radical (unpaired) electrons. The minimum Gasteiger partial charge on any atom is -0.329 e. The highest BCUT2D eigenvalue weighted by Crippen LogP contribution is 2.27. The summed E-state index contributed by atoms with van der Waals surface area (Å²) in [4.78, 5) is 13.5. The Morgan fingerprint density at radius 1 is 1.47 bits per heavy atom. The Morgan fingerprint density at radius 2 is 2.11 bits per heavy atom. The zero-order valence-corrected chi connectivity index (χ0v) is 12.7. The van der Waals surface area contributed by atoms with E-state index in [-0.39, 0.29) is 11.9 Å². The molecule has 2 rings (SSSR count). The van der Waals surface area contributed by atoms with E-state index in [1.165, 1.54) is 6.08 Å². The standard InChI is InChI=1S/C13H19N3O.C2H6/c1-5-13(17)15-6-7-16-12(10(15)4)8-11(14-16)9(2)3;1-2/h5,8-10H,1,6-7H2,2-4H3;1-2H3. The fourth-order valence-corrected chi connectivity index (χ4v) is 2.22. The number of carbonyl (C=O) groups is 1. The number of amides is 1. The molecule has 0 N–H and O–H groups in total. The molecule has 1 amide bonds. The van der Waals surface area contributed by atoms with Crippen LogP contribution in [0.4, 0.5) is 0 Å². The average molecular weight is 263 g/mol. The Morgan fingerprint density at radius 3 is 2.63 bits per heavy atom. The third kappa shape index (κ3) is 3.06. The zero-order valence-electron chi connectivity index (χ0n) is 12.7. The van der Waals surface area contributed by atoms with E-state index in [4.69, 9.17) is 0 Å². The molecule has 0 spiro atoms. The number of carbonyl (C=O) groups excluding carboxylic acids is 1. The predicted octanol–water partition coefficient (Wildman–Crippen LogP) is 3.12. The fraction of sp³-hybridized carbons (Fsp3) is 0.600. The van der Waals surface area contributed by atoms with Crippen LogP contribution < -0.4 is 0 Å². The molecular formula is C15H25N3O. The van der Waals surface area contributed by atoms with Crippen molar-refractivity contribution in [1.82, 2.24) is 14.7 Å². The molecule has 19 heavy (non-hydrogen) atoms. The van der Waals surface area contributed by atoms with Crippen LogP contribution in [0.2, 0.25) is 0 Å². The second-order valence-electron chi connectivity index (χ2n) is 4.78. The van der Waals surface area contributed by atoms with Gasteiger partial charge in [0.05, 0.1) is 24.0 Å². The molecule has 1 atom stereocenters. The SMILES string of the molecule is C=CC(=O)N1CCn2nc(C(C)C)cc2C1C.CC. The summed E-state index contributed by atoms with van der Waals surface area (Å²) in [6, 6.07) is 2.19. The van der Waals surface area contributed by atoms with E-state index in [0.717, 1.165) is 17.9 Å². The van der Waals surface area contributed by atoms with Crippen LogP contribution in [0.1, 0.15) is 58.0 Å². The van der Waals surface area contributed by atoms with Crippen molar-refractivity contribution in [2.75, 3.05) is 6.54 Å². The molecule has 1 aliphatic heterocycles. The van der Waals surface area contributed by atoms with E-state index in [1.807, 2.05) is 30.4 Å². The lowest BCUT2D eigenvalue weighted by Crippen LogP contribution is -2.40. The van der Waals surface area contributed by atoms with Crippen molar-refractivity contribution in [2.24, 2.45) is 0 Å². The molecule has 0 aliphatic carbocycles. The lowest BCUT2D eigenvalue weighted by Gasteiger charge is -2.33. The summed E-state index contributed by atoms with van der Waals surface area (Å²) in [5, 5.41) is 4.57. The average Bonchev–Trinajstić information content (AvgIpc) is 2.86. The largest absolute Gasteiger partial charge is 0.329 e. The zero-order chi connectivity index (χ0) is 14.6. The second-order valence-corrected chi connectivity index (χ2v) is 4.78. The Bertz CT molecular complexity index is 448. The lowest BCUT2D eigenvalue weighted by molar-refractivity contribution is -0.129. The maximum absolute atomic E-state index is 11.7. The van der Waals surface area contributed by atoms with Crippen LogP contribution in [0.5, 0.6) is 0 Å². The van der Waals surface area contributed by atoms with Gasteiger partial charge in [0.1, 0.15) is 0 Å². The molecule has 1 aromatic heterocycles. The molecule has 4 nitrogen and oxygen atoms in total. The first-order valence-electron chi connectivity index (χ1n) is 7.05. The first-order chi connectivity index (χ1) is 9.04. The van der Waals surface area contributed by atoms with Gasteiger partial charge in [-0.1, -0.05) is 34.3 Å². The van der Waals surface area contributed by atoms with Gasteiger partial charge in [-0.3, -0.25) is 9.48 Å². The van der Waals surface area contributed by atoms with Crippen molar-refractivity contribution >= 4 is 5.91 Å². The smallest absolute Gasteiger partial charge is 0.246 e. The molecule has 0 bridgehead atoms.